The van der Waals surface area contributed by atoms with Gasteiger partial charge in [0.05, 0.1) is 0 Å². The molecule has 1 fully saturated rings. The number of nitrogens with zero attached hydrogens (tertiary/aromatic N) is 1. The maximum absolute atomic E-state index is 12.4. The van der Waals surface area contributed by atoms with Gasteiger partial charge in [-0.05, 0) is 30.4 Å². The Morgan fingerprint density at radius 2 is 1.48 bits per heavy atom. The normalized spacial score (nSPS) is 16.4. The molecule has 2 aromatic carbocycles. The van der Waals surface area contributed by atoms with E-state index in [1.54, 1.807) is 0 Å². The van der Waals surface area contributed by atoms with E-state index in [0.717, 1.165) is 45.3 Å². The molecule has 0 aliphatic carbocycles. The Bertz CT molecular complexity index is 619. The minimum Gasteiger partial charge on any atom is -0.338 e. The van der Waals surface area contributed by atoms with Crippen molar-refractivity contribution in [2.24, 2.45) is 0 Å². The first-order valence-electron chi connectivity index (χ1n) is 9.40. The Labute approximate surface area is 151 Å². The second kappa shape index (κ2) is 8.19. The summed E-state index contributed by atoms with van der Waals surface area (Å²) in [5.74, 6) is 0. The van der Waals surface area contributed by atoms with Crippen molar-refractivity contribution in [3.05, 3.63) is 71.8 Å². The fourth-order valence-electron chi connectivity index (χ4n) is 3.83. The Morgan fingerprint density at radius 1 is 0.960 bits per heavy atom. The van der Waals surface area contributed by atoms with E-state index >= 15 is 0 Å². The van der Waals surface area contributed by atoms with Crippen molar-refractivity contribution in [2.45, 2.75) is 38.0 Å². The summed E-state index contributed by atoms with van der Waals surface area (Å²) < 4.78 is 0. The smallest absolute Gasteiger partial charge is 0.317 e. The molecule has 1 saturated heterocycles. The second-order valence-electron chi connectivity index (χ2n) is 6.89. The SMILES string of the molecule is CCCCNC(=O)N1CCC(c2ccccc2)(c2ccccc2)CC1. The fourth-order valence-corrected chi connectivity index (χ4v) is 3.83. The average Bonchev–Trinajstić information content (AvgIpc) is 2.69. The highest BCUT2D eigenvalue weighted by Crippen LogP contribution is 2.41. The molecule has 25 heavy (non-hydrogen) atoms. The summed E-state index contributed by atoms with van der Waals surface area (Å²) in [4.78, 5) is 14.3. The molecule has 0 radical (unpaired) electrons. The standard InChI is InChI=1S/C22H28N2O/c1-2-3-16-23-21(25)24-17-14-22(15-18-24,19-10-6-4-7-11-19)20-12-8-5-9-13-20/h4-13H,2-3,14-18H2,1H3,(H,23,25). The van der Waals surface area contributed by atoms with Crippen LogP contribution in [0.1, 0.15) is 43.7 Å². The van der Waals surface area contributed by atoms with Gasteiger partial charge >= 0.3 is 6.03 Å². The zero-order valence-corrected chi connectivity index (χ0v) is 15.1. The highest BCUT2D eigenvalue weighted by Gasteiger charge is 2.38. The maximum Gasteiger partial charge on any atom is 0.317 e. The van der Waals surface area contributed by atoms with Crippen LogP contribution in [0, 0.1) is 0 Å². The van der Waals surface area contributed by atoms with E-state index in [1.165, 1.54) is 11.1 Å². The summed E-state index contributed by atoms with van der Waals surface area (Å²) in [6, 6.07) is 21.6. The predicted molar refractivity (Wildman–Crippen MR) is 103 cm³/mol. The molecule has 1 aliphatic rings. The number of hydrogen-bond acceptors (Lipinski definition) is 1. The lowest BCUT2D eigenvalue weighted by atomic mass is 9.68. The first-order chi connectivity index (χ1) is 12.3. The van der Waals surface area contributed by atoms with E-state index in [0.29, 0.717) is 0 Å². The van der Waals surface area contributed by atoms with Gasteiger partial charge in [0.25, 0.3) is 0 Å². The molecule has 0 unspecified atom stereocenters. The maximum atomic E-state index is 12.4. The molecule has 2 aromatic rings. The van der Waals surface area contributed by atoms with Crippen LogP contribution in [0.2, 0.25) is 0 Å². The Balaban J connectivity index is 1.77. The van der Waals surface area contributed by atoms with Gasteiger partial charge in [0.15, 0.2) is 0 Å². The number of likely N-dealkylation sites (tertiary alicyclic amines) is 1. The number of amides is 2. The Hall–Kier alpha value is -2.29. The Morgan fingerprint density at radius 3 is 1.96 bits per heavy atom. The molecule has 3 rings (SSSR count). The predicted octanol–water partition coefficient (Wildman–Crippen LogP) is 4.58. The van der Waals surface area contributed by atoms with Gasteiger partial charge in [0.2, 0.25) is 0 Å². The van der Waals surface area contributed by atoms with Crippen LogP contribution in [-0.4, -0.2) is 30.6 Å². The zero-order valence-electron chi connectivity index (χ0n) is 15.1. The van der Waals surface area contributed by atoms with Gasteiger partial charge in [-0.15, -0.1) is 0 Å². The molecule has 3 heteroatoms. The van der Waals surface area contributed by atoms with Crippen LogP contribution in [0.25, 0.3) is 0 Å². The summed E-state index contributed by atoms with van der Waals surface area (Å²) >= 11 is 0. The Kier molecular flexibility index (Phi) is 5.75. The summed E-state index contributed by atoms with van der Waals surface area (Å²) in [7, 11) is 0. The minimum atomic E-state index is 0.00270. The van der Waals surface area contributed by atoms with E-state index in [-0.39, 0.29) is 11.4 Å². The van der Waals surface area contributed by atoms with Gasteiger partial charge < -0.3 is 10.2 Å². The lowest BCUT2D eigenvalue weighted by molar-refractivity contribution is 0.168. The van der Waals surface area contributed by atoms with Crippen LogP contribution in [-0.2, 0) is 5.41 Å². The topological polar surface area (TPSA) is 32.3 Å². The third kappa shape index (κ3) is 3.87. The molecule has 0 atom stereocenters. The van der Waals surface area contributed by atoms with Crippen molar-refractivity contribution in [3.63, 3.8) is 0 Å². The van der Waals surface area contributed by atoms with Crippen LogP contribution in [0.3, 0.4) is 0 Å². The number of unbranched alkanes of at least 4 members (excludes halogenated alkanes) is 1. The van der Waals surface area contributed by atoms with Crippen molar-refractivity contribution >= 4 is 6.03 Å². The van der Waals surface area contributed by atoms with Crippen molar-refractivity contribution < 1.29 is 4.79 Å². The van der Waals surface area contributed by atoms with Gasteiger partial charge in [-0.25, -0.2) is 4.79 Å². The van der Waals surface area contributed by atoms with Crippen molar-refractivity contribution in [1.29, 1.82) is 0 Å². The summed E-state index contributed by atoms with van der Waals surface area (Å²) in [5, 5.41) is 3.05. The molecule has 2 amide bonds. The molecule has 0 bridgehead atoms. The third-order valence-electron chi connectivity index (χ3n) is 5.36. The molecule has 132 valence electrons. The van der Waals surface area contributed by atoms with Crippen LogP contribution in [0.4, 0.5) is 4.79 Å². The molecule has 0 spiro atoms. The zero-order chi connectivity index (χ0) is 17.5. The lowest BCUT2D eigenvalue weighted by Gasteiger charge is -2.42. The molecule has 1 aliphatic heterocycles. The number of urea groups is 1. The van der Waals surface area contributed by atoms with Gasteiger partial charge in [0, 0.05) is 25.0 Å². The quantitative estimate of drug-likeness (QED) is 0.797. The van der Waals surface area contributed by atoms with Crippen LogP contribution in [0.15, 0.2) is 60.7 Å². The van der Waals surface area contributed by atoms with E-state index in [1.807, 2.05) is 4.90 Å². The second-order valence-corrected chi connectivity index (χ2v) is 6.89. The lowest BCUT2D eigenvalue weighted by Crippen LogP contribution is -2.49. The van der Waals surface area contributed by atoms with Crippen molar-refractivity contribution in [2.75, 3.05) is 19.6 Å². The minimum absolute atomic E-state index is 0.00270. The first kappa shape index (κ1) is 17.5. The first-order valence-corrected chi connectivity index (χ1v) is 9.40. The molecular formula is C22H28N2O. The van der Waals surface area contributed by atoms with E-state index < -0.39 is 0 Å². The van der Waals surface area contributed by atoms with Crippen LogP contribution in [0.5, 0.6) is 0 Å². The molecule has 0 aromatic heterocycles. The average molecular weight is 336 g/mol. The number of rotatable bonds is 5. The number of piperidine rings is 1. The van der Waals surface area contributed by atoms with Crippen molar-refractivity contribution in [1.82, 2.24) is 10.2 Å². The molecular weight excluding hydrogens is 308 g/mol. The van der Waals surface area contributed by atoms with Crippen LogP contribution >= 0.6 is 0 Å². The number of benzene rings is 2. The van der Waals surface area contributed by atoms with Gasteiger partial charge in [0.1, 0.15) is 0 Å². The summed E-state index contributed by atoms with van der Waals surface area (Å²) in [6.45, 7) is 4.50. The van der Waals surface area contributed by atoms with Gasteiger partial charge in [-0.3, -0.25) is 0 Å². The van der Waals surface area contributed by atoms with E-state index in [2.05, 4.69) is 72.9 Å². The monoisotopic (exact) mass is 336 g/mol. The number of carbonyl (C=O) groups is 1. The number of hydrogen-bond donors (Lipinski definition) is 1. The summed E-state index contributed by atoms with van der Waals surface area (Å²) in [6.07, 6.45) is 4.06. The molecule has 1 N–H and O–H groups in total. The largest absolute Gasteiger partial charge is 0.338 e. The highest BCUT2D eigenvalue weighted by molar-refractivity contribution is 5.74. The molecule has 0 saturated carbocycles. The number of carbonyl (C=O) groups excluding carboxylic acids is 1. The molecule has 1 heterocycles. The fraction of sp³-hybridized carbons (Fsp3) is 0.409. The van der Waals surface area contributed by atoms with E-state index in [4.69, 9.17) is 0 Å². The third-order valence-corrected chi connectivity index (χ3v) is 5.36. The van der Waals surface area contributed by atoms with Gasteiger partial charge in [-0.2, -0.15) is 0 Å². The number of nitrogens with one attached hydrogen (secondary N) is 1. The van der Waals surface area contributed by atoms with Gasteiger partial charge in [-0.1, -0.05) is 74.0 Å². The highest BCUT2D eigenvalue weighted by atomic mass is 16.2. The molecule has 3 nitrogen and oxygen atoms in total. The van der Waals surface area contributed by atoms with E-state index in [9.17, 15) is 4.79 Å². The van der Waals surface area contributed by atoms with Crippen LogP contribution < -0.4 is 5.32 Å². The van der Waals surface area contributed by atoms with Crippen molar-refractivity contribution in [3.8, 4) is 0 Å². The summed E-state index contributed by atoms with van der Waals surface area (Å²) in [5.41, 5.74) is 2.71.